The molecule has 0 spiro atoms. The lowest BCUT2D eigenvalue weighted by atomic mass is 10.1. The molecular formula is C15H11BrN4O. The van der Waals surface area contributed by atoms with Crippen LogP contribution in [0.4, 0.5) is 5.69 Å². The highest BCUT2D eigenvalue weighted by Gasteiger charge is 2.30. The van der Waals surface area contributed by atoms with Gasteiger partial charge in [0.15, 0.2) is 5.65 Å². The fourth-order valence-electron chi connectivity index (χ4n) is 2.74. The van der Waals surface area contributed by atoms with Crippen LogP contribution in [-0.4, -0.2) is 20.4 Å². The molecule has 0 atom stereocenters. The third-order valence-corrected chi connectivity index (χ3v) is 4.11. The summed E-state index contributed by atoms with van der Waals surface area (Å²) in [5, 5.41) is 0. The van der Waals surface area contributed by atoms with Gasteiger partial charge in [-0.3, -0.25) is 4.79 Å². The molecule has 3 heterocycles. The smallest absolute Gasteiger partial charge is 0.259 e. The Morgan fingerprint density at radius 1 is 1.29 bits per heavy atom. The average molecular weight is 343 g/mol. The summed E-state index contributed by atoms with van der Waals surface area (Å²) in [5.74, 6) is 0.0138. The molecule has 0 saturated carbocycles. The highest BCUT2D eigenvalue weighted by atomic mass is 79.9. The van der Waals surface area contributed by atoms with Gasteiger partial charge >= 0.3 is 0 Å². The van der Waals surface area contributed by atoms with Crippen molar-refractivity contribution in [1.82, 2.24) is 14.5 Å². The Bertz CT molecular complexity index is 887. The van der Waals surface area contributed by atoms with Gasteiger partial charge in [-0.05, 0) is 27.6 Å². The van der Waals surface area contributed by atoms with E-state index in [1.54, 1.807) is 11.1 Å². The number of rotatable bonds is 1. The molecule has 104 valence electrons. The van der Waals surface area contributed by atoms with Gasteiger partial charge in [0.05, 0.1) is 18.4 Å². The van der Waals surface area contributed by atoms with Gasteiger partial charge in [-0.1, -0.05) is 18.2 Å². The molecule has 1 aliphatic rings. The minimum atomic E-state index is 0.0138. The molecule has 1 aliphatic heterocycles. The Labute approximate surface area is 129 Å². The van der Waals surface area contributed by atoms with Crippen LogP contribution in [0, 0.1) is 0 Å². The van der Waals surface area contributed by atoms with Gasteiger partial charge < -0.3 is 9.47 Å². The number of amides is 1. The van der Waals surface area contributed by atoms with Crippen molar-refractivity contribution in [3.63, 3.8) is 0 Å². The molecule has 6 heteroatoms. The Kier molecular flexibility index (Phi) is 2.62. The van der Waals surface area contributed by atoms with Crippen molar-refractivity contribution >= 4 is 38.7 Å². The van der Waals surface area contributed by atoms with Crippen LogP contribution in [0.1, 0.15) is 15.9 Å². The highest BCUT2D eigenvalue weighted by molar-refractivity contribution is 9.10. The van der Waals surface area contributed by atoms with Gasteiger partial charge in [-0.15, -0.1) is 0 Å². The second-order valence-corrected chi connectivity index (χ2v) is 5.85. The minimum absolute atomic E-state index is 0.0138. The summed E-state index contributed by atoms with van der Waals surface area (Å²) in [6.45, 7) is 0.572. The van der Waals surface area contributed by atoms with E-state index in [4.69, 9.17) is 0 Å². The van der Waals surface area contributed by atoms with Gasteiger partial charge in [-0.25, -0.2) is 9.97 Å². The standard InChI is InChI=1S/C15H11BrN4O/c1-19-8-11(13-14(19)17-6-12(16)18-13)20-7-9-4-2-3-5-10(9)15(20)21/h2-6,8H,7H2,1H3. The van der Waals surface area contributed by atoms with Gasteiger partial charge in [0, 0.05) is 18.8 Å². The first-order chi connectivity index (χ1) is 10.1. The quantitative estimate of drug-likeness (QED) is 0.683. The maximum Gasteiger partial charge on any atom is 0.259 e. The summed E-state index contributed by atoms with van der Waals surface area (Å²) < 4.78 is 2.55. The van der Waals surface area contributed by atoms with Crippen LogP contribution >= 0.6 is 15.9 Å². The van der Waals surface area contributed by atoms with Crippen molar-refractivity contribution in [3.05, 3.63) is 52.4 Å². The SMILES string of the molecule is Cn1cc(N2Cc3ccccc3C2=O)c2nc(Br)cnc21. The molecule has 5 nitrogen and oxygen atoms in total. The maximum atomic E-state index is 12.6. The van der Waals surface area contributed by atoms with Crippen molar-refractivity contribution in [2.45, 2.75) is 6.54 Å². The Morgan fingerprint density at radius 2 is 2.10 bits per heavy atom. The van der Waals surface area contributed by atoms with E-state index in [0.717, 1.165) is 28.0 Å². The summed E-state index contributed by atoms with van der Waals surface area (Å²) in [7, 11) is 1.90. The highest BCUT2D eigenvalue weighted by Crippen LogP contribution is 2.33. The fraction of sp³-hybridized carbons (Fsp3) is 0.133. The normalized spacial score (nSPS) is 14.0. The van der Waals surface area contributed by atoms with Gasteiger partial charge in [0.2, 0.25) is 0 Å². The van der Waals surface area contributed by atoms with Crippen molar-refractivity contribution in [2.24, 2.45) is 7.05 Å². The molecule has 21 heavy (non-hydrogen) atoms. The van der Waals surface area contributed by atoms with E-state index in [-0.39, 0.29) is 5.91 Å². The lowest BCUT2D eigenvalue weighted by molar-refractivity contribution is 0.0997. The number of fused-ring (bicyclic) bond motifs is 2. The van der Waals surface area contributed by atoms with Crippen LogP contribution < -0.4 is 4.90 Å². The first-order valence-electron chi connectivity index (χ1n) is 6.52. The van der Waals surface area contributed by atoms with Crippen LogP contribution in [0.3, 0.4) is 0 Å². The van der Waals surface area contributed by atoms with E-state index in [1.807, 2.05) is 42.1 Å². The third-order valence-electron chi connectivity index (χ3n) is 3.73. The van der Waals surface area contributed by atoms with Crippen LogP contribution in [0.15, 0.2) is 41.3 Å². The Balaban J connectivity index is 1.89. The molecule has 1 aromatic carbocycles. The molecule has 4 rings (SSSR count). The molecule has 0 unspecified atom stereocenters. The molecule has 0 N–H and O–H groups in total. The number of anilines is 1. The number of nitrogens with zero attached hydrogens (tertiary/aromatic N) is 4. The van der Waals surface area contributed by atoms with E-state index in [0.29, 0.717) is 11.1 Å². The summed E-state index contributed by atoms with van der Waals surface area (Å²) in [4.78, 5) is 23.2. The van der Waals surface area contributed by atoms with Crippen molar-refractivity contribution in [2.75, 3.05) is 4.90 Å². The second kappa shape index (κ2) is 4.39. The number of hydrogen-bond acceptors (Lipinski definition) is 3. The first-order valence-corrected chi connectivity index (χ1v) is 7.32. The Hall–Kier alpha value is -2.21. The molecular weight excluding hydrogens is 332 g/mol. The number of benzene rings is 1. The summed E-state index contributed by atoms with van der Waals surface area (Å²) >= 11 is 3.34. The van der Waals surface area contributed by atoms with Gasteiger partial charge in [0.25, 0.3) is 5.91 Å². The third kappa shape index (κ3) is 1.79. The first kappa shape index (κ1) is 12.5. The molecule has 0 radical (unpaired) electrons. The molecule has 0 bridgehead atoms. The van der Waals surface area contributed by atoms with Crippen molar-refractivity contribution in [3.8, 4) is 0 Å². The van der Waals surface area contributed by atoms with Gasteiger partial charge in [0.1, 0.15) is 10.1 Å². The lowest BCUT2D eigenvalue weighted by Gasteiger charge is -2.13. The van der Waals surface area contributed by atoms with Crippen LogP contribution in [0.2, 0.25) is 0 Å². The largest absolute Gasteiger partial charge is 0.332 e. The van der Waals surface area contributed by atoms with Crippen molar-refractivity contribution < 1.29 is 4.79 Å². The molecule has 0 fully saturated rings. The van der Waals surface area contributed by atoms with Crippen LogP contribution in [0.25, 0.3) is 11.2 Å². The summed E-state index contributed by atoms with van der Waals surface area (Å²) in [5.41, 5.74) is 4.09. The lowest BCUT2D eigenvalue weighted by Crippen LogP contribution is -2.22. The number of carbonyl (C=O) groups is 1. The average Bonchev–Trinajstić information content (AvgIpc) is 2.98. The zero-order valence-electron chi connectivity index (χ0n) is 11.2. The number of halogens is 1. The maximum absolute atomic E-state index is 12.6. The predicted octanol–water partition coefficient (Wildman–Crippen LogP) is 2.89. The second-order valence-electron chi connectivity index (χ2n) is 5.04. The number of aromatic nitrogens is 3. The number of aryl methyl sites for hydroxylation is 1. The van der Waals surface area contributed by atoms with Crippen molar-refractivity contribution in [1.29, 1.82) is 0 Å². The Morgan fingerprint density at radius 3 is 2.90 bits per heavy atom. The van der Waals surface area contributed by atoms with E-state index < -0.39 is 0 Å². The van der Waals surface area contributed by atoms with E-state index >= 15 is 0 Å². The zero-order chi connectivity index (χ0) is 14.6. The van der Waals surface area contributed by atoms with E-state index in [1.165, 1.54) is 0 Å². The number of hydrogen-bond donors (Lipinski definition) is 0. The summed E-state index contributed by atoms with van der Waals surface area (Å²) in [6, 6.07) is 7.69. The monoisotopic (exact) mass is 342 g/mol. The molecule has 2 aromatic heterocycles. The van der Waals surface area contributed by atoms with E-state index in [9.17, 15) is 4.79 Å². The fourth-order valence-corrected chi connectivity index (χ4v) is 3.02. The molecule has 0 saturated heterocycles. The number of carbonyl (C=O) groups excluding carboxylic acids is 1. The predicted molar refractivity (Wildman–Crippen MR) is 83.2 cm³/mol. The topological polar surface area (TPSA) is 51.0 Å². The molecule has 0 aliphatic carbocycles. The summed E-state index contributed by atoms with van der Waals surface area (Å²) in [6.07, 6.45) is 3.56. The van der Waals surface area contributed by atoms with Gasteiger partial charge in [-0.2, -0.15) is 0 Å². The molecule has 1 amide bonds. The zero-order valence-corrected chi connectivity index (χ0v) is 12.8. The molecule has 3 aromatic rings. The van der Waals surface area contributed by atoms with E-state index in [2.05, 4.69) is 25.9 Å². The van der Waals surface area contributed by atoms with Crippen LogP contribution in [0.5, 0.6) is 0 Å². The van der Waals surface area contributed by atoms with Crippen LogP contribution in [-0.2, 0) is 13.6 Å². The minimum Gasteiger partial charge on any atom is -0.332 e.